The zero-order valence-electron chi connectivity index (χ0n) is 8.76. The van der Waals surface area contributed by atoms with Crippen molar-refractivity contribution in [1.29, 1.82) is 0 Å². The summed E-state index contributed by atoms with van der Waals surface area (Å²) in [4.78, 5) is 10.3. The van der Waals surface area contributed by atoms with Gasteiger partial charge in [-0.2, -0.15) is 0 Å². The number of nitrogens with zero attached hydrogens (tertiary/aromatic N) is 3. The Morgan fingerprint density at radius 3 is 2.81 bits per heavy atom. The van der Waals surface area contributed by atoms with Gasteiger partial charge in [-0.05, 0) is 34.1 Å². The van der Waals surface area contributed by atoms with Gasteiger partial charge >= 0.3 is 0 Å². The molecule has 5 heteroatoms. The van der Waals surface area contributed by atoms with Gasteiger partial charge in [-0.15, -0.1) is 0 Å². The summed E-state index contributed by atoms with van der Waals surface area (Å²) >= 11 is 3.44. The average molecular weight is 279 g/mol. The fraction of sp³-hybridized carbons (Fsp3) is 0.0909. The van der Waals surface area contributed by atoms with E-state index in [2.05, 4.69) is 25.9 Å². The van der Waals surface area contributed by atoms with Crippen LogP contribution in [0.25, 0.3) is 0 Å². The Bertz CT molecular complexity index is 487. The molecule has 0 saturated heterocycles. The molecule has 0 aliphatic carbocycles. The number of nitrogen functional groups attached to an aromatic ring is 1. The first-order chi connectivity index (χ1) is 7.68. The Labute approximate surface area is 102 Å². The van der Waals surface area contributed by atoms with Gasteiger partial charge in [-0.25, -0.2) is 4.98 Å². The van der Waals surface area contributed by atoms with Crippen molar-refractivity contribution in [1.82, 2.24) is 9.97 Å². The molecule has 0 aromatic carbocycles. The Morgan fingerprint density at radius 2 is 2.19 bits per heavy atom. The highest BCUT2D eigenvalue weighted by Gasteiger charge is 2.09. The van der Waals surface area contributed by atoms with E-state index in [-0.39, 0.29) is 0 Å². The van der Waals surface area contributed by atoms with Crippen LogP contribution >= 0.6 is 15.9 Å². The van der Waals surface area contributed by atoms with Crippen LogP contribution in [0.3, 0.4) is 0 Å². The largest absolute Gasteiger partial charge is 0.397 e. The lowest BCUT2D eigenvalue weighted by molar-refractivity contribution is 1.10. The van der Waals surface area contributed by atoms with Crippen LogP contribution in [0.2, 0.25) is 0 Å². The lowest BCUT2D eigenvalue weighted by atomic mass is 10.3. The van der Waals surface area contributed by atoms with E-state index in [0.717, 1.165) is 16.0 Å². The van der Waals surface area contributed by atoms with Crippen molar-refractivity contribution in [2.24, 2.45) is 0 Å². The topological polar surface area (TPSA) is 55.0 Å². The molecule has 2 N–H and O–H groups in total. The Kier molecular flexibility index (Phi) is 3.05. The van der Waals surface area contributed by atoms with Crippen LogP contribution in [-0.4, -0.2) is 17.0 Å². The molecule has 2 aromatic rings. The highest BCUT2D eigenvalue weighted by molar-refractivity contribution is 9.10. The summed E-state index contributed by atoms with van der Waals surface area (Å²) in [6, 6.07) is 5.68. The zero-order valence-corrected chi connectivity index (χ0v) is 10.3. The molecule has 0 bridgehead atoms. The van der Waals surface area contributed by atoms with Crippen LogP contribution in [0.4, 0.5) is 17.2 Å². The van der Waals surface area contributed by atoms with Crippen LogP contribution in [-0.2, 0) is 0 Å². The third kappa shape index (κ3) is 2.14. The molecule has 0 unspecified atom stereocenters. The summed E-state index contributed by atoms with van der Waals surface area (Å²) in [5.41, 5.74) is 7.25. The van der Waals surface area contributed by atoms with Crippen molar-refractivity contribution < 1.29 is 0 Å². The molecule has 0 spiro atoms. The van der Waals surface area contributed by atoms with E-state index < -0.39 is 0 Å². The summed E-state index contributed by atoms with van der Waals surface area (Å²) in [7, 11) is 1.93. The first-order valence-corrected chi connectivity index (χ1v) is 5.52. The number of anilines is 3. The van der Waals surface area contributed by atoms with Crippen LogP contribution in [0, 0.1) is 0 Å². The van der Waals surface area contributed by atoms with Gasteiger partial charge in [0.25, 0.3) is 0 Å². The first-order valence-electron chi connectivity index (χ1n) is 4.73. The lowest BCUT2D eigenvalue weighted by Gasteiger charge is -2.19. The minimum absolute atomic E-state index is 0.634. The van der Waals surface area contributed by atoms with Crippen molar-refractivity contribution in [3.63, 3.8) is 0 Å². The molecule has 0 saturated carbocycles. The minimum Gasteiger partial charge on any atom is -0.397 e. The van der Waals surface area contributed by atoms with Crippen molar-refractivity contribution >= 4 is 33.1 Å². The number of aromatic nitrogens is 2. The third-order valence-corrected chi connectivity index (χ3v) is 2.78. The summed E-state index contributed by atoms with van der Waals surface area (Å²) in [5, 5.41) is 0. The maximum atomic E-state index is 5.64. The van der Waals surface area contributed by atoms with E-state index in [1.165, 1.54) is 0 Å². The number of pyridine rings is 2. The summed E-state index contributed by atoms with van der Waals surface area (Å²) in [6.45, 7) is 0. The average Bonchev–Trinajstić information content (AvgIpc) is 2.29. The molecule has 0 aliphatic rings. The highest BCUT2D eigenvalue weighted by atomic mass is 79.9. The molecular formula is C11H11BrN4. The molecule has 0 aliphatic heterocycles. The van der Waals surface area contributed by atoms with E-state index >= 15 is 0 Å². The van der Waals surface area contributed by atoms with E-state index in [1.807, 2.05) is 30.1 Å². The molecule has 82 valence electrons. The normalized spacial score (nSPS) is 10.1. The predicted octanol–water partition coefficient (Wildman–Crippen LogP) is 2.59. The predicted molar refractivity (Wildman–Crippen MR) is 68.6 cm³/mol. The molecule has 4 nitrogen and oxygen atoms in total. The molecular weight excluding hydrogens is 268 g/mol. The summed E-state index contributed by atoms with van der Waals surface area (Å²) < 4.78 is 0.860. The van der Waals surface area contributed by atoms with Gasteiger partial charge in [-0.1, -0.05) is 0 Å². The number of hydrogen-bond donors (Lipinski definition) is 1. The Hall–Kier alpha value is -1.62. The van der Waals surface area contributed by atoms with Crippen LogP contribution in [0.1, 0.15) is 0 Å². The summed E-state index contributed by atoms with van der Waals surface area (Å²) in [6.07, 6.45) is 5.15. The van der Waals surface area contributed by atoms with Gasteiger partial charge in [0.1, 0.15) is 5.82 Å². The number of hydrogen-bond acceptors (Lipinski definition) is 4. The molecule has 0 radical (unpaired) electrons. The van der Waals surface area contributed by atoms with E-state index in [1.54, 1.807) is 18.6 Å². The van der Waals surface area contributed by atoms with Gasteiger partial charge in [0.15, 0.2) is 0 Å². The Balaban J connectivity index is 2.38. The smallest absolute Gasteiger partial charge is 0.147 e. The van der Waals surface area contributed by atoms with E-state index in [9.17, 15) is 0 Å². The van der Waals surface area contributed by atoms with Crippen molar-refractivity contribution in [3.05, 3.63) is 41.3 Å². The van der Waals surface area contributed by atoms with Gasteiger partial charge in [0, 0.05) is 13.2 Å². The highest BCUT2D eigenvalue weighted by Crippen LogP contribution is 2.29. The second-order valence-corrected chi connectivity index (χ2v) is 4.20. The van der Waals surface area contributed by atoms with Gasteiger partial charge in [-0.3, -0.25) is 4.98 Å². The Morgan fingerprint density at radius 1 is 1.38 bits per heavy atom. The molecule has 0 fully saturated rings. The quantitative estimate of drug-likeness (QED) is 0.918. The van der Waals surface area contributed by atoms with Gasteiger partial charge in [0.05, 0.1) is 28.2 Å². The second-order valence-electron chi connectivity index (χ2n) is 3.34. The van der Waals surface area contributed by atoms with E-state index in [0.29, 0.717) is 5.69 Å². The molecule has 0 amide bonds. The lowest BCUT2D eigenvalue weighted by Crippen LogP contribution is -2.12. The minimum atomic E-state index is 0.634. The number of halogens is 1. The molecule has 2 aromatic heterocycles. The first kappa shape index (κ1) is 10.9. The number of rotatable bonds is 2. The van der Waals surface area contributed by atoms with Crippen molar-refractivity contribution in [2.45, 2.75) is 0 Å². The number of nitrogens with two attached hydrogens (primary N) is 1. The fourth-order valence-electron chi connectivity index (χ4n) is 1.37. The SMILES string of the molecule is CN(c1cccnc1)c1ncc(N)cc1Br. The van der Waals surface area contributed by atoms with Crippen molar-refractivity contribution in [2.75, 3.05) is 17.7 Å². The summed E-state index contributed by atoms with van der Waals surface area (Å²) in [5.74, 6) is 0.808. The fourth-order valence-corrected chi connectivity index (χ4v) is 2.00. The van der Waals surface area contributed by atoms with Crippen LogP contribution < -0.4 is 10.6 Å². The van der Waals surface area contributed by atoms with Gasteiger partial charge in [0.2, 0.25) is 0 Å². The van der Waals surface area contributed by atoms with Crippen LogP contribution in [0.5, 0.6) is 0 Å². The molecule has 0 atom stereocenters. The molecule has 2 rings (SSSR count). The maximum Gasteiger partial charge on any atom is 0.147 e. The molecule has 2 heterocycles. The standard InChI is InChI=1S/C11H11BrN4/c1-16(9-3-2-4-14-7-9)11-10(12)5-8(13)6-15-11/h2-7H,13H2,1H3. The monoisotopic (exact) mass is 278 g/mol. The van der Waals surface area contributed by atoms with Gasteiger partial charge < -0.3 is 10.6 Å². The zero-order chi connectivity index (χ0) is 11.5. The van der Waals surface area contributed by atoms with Crippen LogP contribution in [0.15, 0.2) is 41.3 Å². The molecule has 16 heavy (non-hydrogen) atoms. The maximum absolute atomic E-state index is 5.64. The second kappa shape index (κ2) is 4.49. The van der Waals surface area contributed by atoms with E-state index in [4.69, 9.17) is 5.73 Å². The third-order valence-electron chi connectivity index (χ3n) is 2.19. The van der Waals surface area contributed by atoms with Crippen molar-refractivity contribution in [3.8, 4) is 0 Å².